The molecule has 0 bridgehead atoms. The molecular formula is C18H28N2O2. The lowest BCUT2D eigenvalue weighted by Crippen LogP contribution is -2.42. The number of nitrogens with one attached hydrogen (secondary N) is 1. The van der Waals surface area contributed by atoms with Gasteiger partial charge in [-0.2, -0.15) is 0 Å². The second kappa shape index (κ2) is 6.47. The van der Waals surface area contributed by atoms with Crippen LogP contribution in [0.5, 0.6) is 11.5 Å². The third-order valence-electron chi connectivity index (χ3n) is 4.86. The fourth-order valence-electron chi connectivity index (χ4n) is 3.53. The van der Waals surface area contributed by atoms with Crippen molar-refractivity contribution in [2.24, 2.45) is 5.41 Å². The van der Waals surface area contributed by atoms with Gasteiger partial charge in [0.15, 0.2) is 11.5 Å². The second-order valence-corrected chi connectivity index (χ2v) is 7.48. The number of hydrogen-bond donors (Lipinski definition) is 2. The summed E-state index contributed by atoms with van der Waals surface area (Å²) >= 11 is 0. The Kier molecular flexibility index (Phi) is 4.59. The van der Waals surface area contributed by atoms with Crippen LogP contribution in [0.3, 0.4) is 0 Å². The zero-order chi connectivity index (χ0) is 15.6. The van der Waals surface area contributed by atoms with E-state index in [-0.39, 0.29) is 11.9 Å². The van der Waals surface area contributed by atoms with E-state index in [1.54, 1.807) is 6.07 Å². The summed E-state index contributed by atoms with van der Waals surface area (Å²) in [4.78, 5) is 2.44. The molecule has 0 aromatic heterocycles. The Balaban J connectivity index is 1.64. The Morgan fingerprint density at radius 3 is 2.77 bits per heavy atom. The fourth-order valence-corrected chi connectivity index (χ4v) is 3.53. The number of hydrogen-bond acceptors (Lipinski definition) is 4. The Morgan fingerprint density at radius 2 is 2.09 bits per heavy atom. The highest BCUT2D eigenvalue weighted by Gasteiger charge is 2.32. The summed E-state index contributed by atoms with van der Waals surface area (Å²) in [6.45, 7) is 9.77. The minimum atomic E-state index is 0.232. The van der Waals surface area contributed by atoms with Gasteiger partial charge in [0, 0.05) is 32.7 Å². The summed E-state index contributed by atoms with van der Waals surface area (Å²) in [5.41, 5.74) is 1.57. The first kappa shape index (κ1) is 15.6. The highest BCUT2D eigenvalue weighted by molar-refractivity contribution is 5.42. The highest BCUT2D eigenvalue weighted by atomic mass is 16.5. The number of rotatable bonds is 4. The van der Waals surface area contributed by atoms with E-state index in [4.69, 9.17) is 4.74 Å². The molecule has 1 heterocycles. The molecule has 4 nitrogen and oxygen atoms in total. The lowest BCUT2D eigenvalue weighted by Gasteiger charge is -2.27. The van der Waals surface area contributed by atoms with Gasteiger partial charge in [-0.1, -0.05) is 19.9 Å². The third kappa shape index (κ3) is 3.93. The first-order valence-corrected chi connectivity index (χ1v) is 8.43. The van der Waals surface area contributed by atoms with Crippen molar-refractivity contribution in [1.82, 2.24) is 10.2 Å². The molecule has 0 spiro atoms. The summed E-state index contributed by atoms with van der Waals surface area (Å²) in [5, 5.41) is 13.5. The molecule has 1 aliphatic heterocycles. The standard InChI is InChI=1S/C18H28N2O2/c1-18(2)6-5-15(12-18)22-17-11-14(3-4-16(17)21)13-20-9-7-19-8-10-20/h3-4,11,15,19,21H,5-10,12-13H2,1-2H3. The summed E-state index contributed by atoms with van der Waals surface area (Å²) in [6, 6.07) is 5.79. The topological polar surface area (TPSA) is 44.7 Å². The van der Waals surface area contributed by atoms with E-state index in [2.05, 4.69) is 24.1 Å². The zero-order valence-corrected chi connectivity index (χ0v) is 13.8. The molecule has 2 aliphatic rings. The van der Waals surface area contributed by atoms with Crippen molar-refractivity contribution in [1.29, 1.82) is 0 Å². The van der Waals surface area contributed by atoms with E-state index < -0.39 is 0 Å². The van der Waals surface area contributed by atoms with Crippen molar-refractivity contribution < 1.29 is 9.84 Å². The highest BCUT2D eigenvalue weighted by Crippen LogP contribution is 2.40. The number of nitrogens with zero attached hydrogens (tertiary/aromatic N) is 1. The van der Waals surface area contributed by atoms with E-state index in [9.17, 15) is 5.11 Å². The summed E-state index contributed by atoms with van der Waals surface area (Å²) in [5.74, 6) is 0.907. The SMILES string of the molecule is CC1(C)CCC(Oc2cc(CN3CCNCC3)ccc2O)C1. The van der Waals surface area contributed by atoms with Gasteiger partial charge < -0.3 is 15.2 Å². The molecule has 1 atom stereocenters. The van der Waals surface area contributed by atoms with Gasteiger partial charge in [-0.3, -0.25) is 4.90 Å². The third-order valence-corrected chi connectivity index (χ3v) is 4.86. The van der Waals surface area contributed by atoms with Gasteiger partial charge in [0.05, 0.1) is 6.10 Å². The maximum absolute atomic E-state index is 10.1. The van der Waals surface area contributed by atoms with Gasteiger partial charge in [0.25, 0.3) is 0 Å². The Labute approximate surface area is 133 Å². The Bertz CT molecular complexity index is 510. The van der Waals surface area contributed by atoms with Crippen LogP contribution >= 0.6 is 0 Å². The molecule has 0 radical (unpaired) electrons. The summed E-state index contributed by atoms with van der Waals surface area (Å²) in [6.07, 6.45) is 3.57. The minimum absolute atomic E-state index is 0.232. The van der Waals surface area contributed by atoms with Crippen molar-refractivity contribution in [3.05, 3.63) is 23.8 Å². The molecule has 1 aliphatic carbocycles. The number of ether oxygens (including phenoxy) is 1. The molecule has 122 valence electrons. The van der Waals surface area contributed by atoms with E-state index in [0.717, 1.165) is 45.6 Å². The molecule has 1 aromatic rings. The minimum Gasteiger partial charge on any atom is -0.504 e. The van der Waals surface area contributed by atoms with Crippen LogP contribution in [0.25, 0.3) is 0 Å². The van der Waals surface area contributed by atoms with Gasteiger partial charge in [0.2, 0.25) is 0 Å². The van der Waals surface area contributed by atoms with Gasteiger partial charge in [-0.05, 0) is 42.4 Å². The Hall–Kier alpha value is -1.26. The Morgan fingerprint density at radius 1 is 1.32 bits per heavy atom. The van der Waals surface area contributed by atoms with Gasteiger partial charge >= 0.3 is 0 Å². The van der Waals surface area contributed by atoms with Crippen LogP contribution in [0.2, 0.25) is 0 Å². The van der Waals surface area contributed by atoms with Crippen LogP contribution in [-0.2, 0) is 6.54 Å². The largest absolute Gasteiger partial charge is 0.504 e. The van der Waals surface area contributed by atoms with Crippen LogP contribution in [-0.4, -0.2) is 42.3 Å². The monoisotopic (exact) mass is 304 g/mol. The molecule has 1 aromatic carbocycles. The molecule has 1 unspecified atom stereocenters. The molecule has 4 heteroatoms. The molecule has 1 saturated carbocycles. The number of phenols is 1. The average molecular weight is 304 g/mol. The van der Waals surface area contributed by atoms with E-state index in [1.807, 2.05) is 12.1 Å². The second-order valence-electron chi connectivity index (χ2n) is 7.48. The van der Waals surface area contributed by atoms with Crippen molar-refractivity contribution >= 4 is 0 Å². The van der Waals surface area contributed by atoms with E-state index >= 15 is 0 Å². The summed E-state index contributed by atoms with van der Waals surface area (Å²) in [7, 11) is 0. The van der Waals surface area contributed by atoms with Gasteiger partial charge in [-0.25, -0.2) is 0 Å². The number of piperazine rings is 1. The average Bonchev–Trinajstić information content (AvgIpc) is 2.83. The van der Waals surface area contributed by atoms with Crippen LogP contribution in [0.1, 0.15) is 38.7 Å². The van der Waals surface area contributed by atoms with Crippen molar-refractivity contribution in [2.45, 2.75) is 45.8 Å². The molecular weight excluding hydrogens is 276 g/mol. The van der Waals surface area contributed by atoms with Crippen molar-refractivity contribution in [3.63, 3.8) is 0 Å². The van der Waals surface area contributed by atoms with Crippen LogP contribution in [0, 0.1) is 5.41 Å². The smallest absolute Gasteiger partial charge is 0.161 e. The first-order valence-electron chi connectivity index (χ1n) is 8.43. The number of phenolic OH excluding ortho intramolecular Hbond substituents is 1. The van der Waals surface area contributed by atoms with Gasteiger partial charge in [-0.15, -0.1) is 0 Å². The first-order chi connectivity index (χ1) is 10.5. The quantitative estimate of drug-likeness (QED) is 0.898. The van der Waals surface area contributed by atoms with Crippen LogP contribution in [0.4, 0.5) is 0 Å². The van der Waals surface area contributed by atoms with Gasteiger partial charge in [0.1, 0.15) is 0 Å². The maximum Gasteiger partial charge on any atom is 0.161 e. The van der Waals surface area contributed by atoms with Crippen molar-refractivity contribution in [2.75, 3.05) is 26.2 Å². The van der Waals surface area contributed by atoms with Crippen LogP contribution in [0.15, 0.2) is 18.2 Å². The molecule has 2 N–H and O–H groups in total. The predicted molar refractivity (Wildman–Crippen MR) is 88.3 cm³/mol. The number of aromatic hydroxyl groups is 1. The molecule has 0 amide bonds. The summed E-state index contributed by atoms with van der Waals surface area (Å²) < 4.78 is 6.09. The molecule has 2 fully saturated rings. The number of benzene rings is 1. The maximum atomic E-state index is 10.1. The van der Waals surface area contributed by atoms with E-state index in [0.29, 0.717) is 11.2 Å². The van der Waals surface area contributed by atoms with Crippen molar-refractivity contribution in [3.8, 4) is 11.5 Å². The van der Waals surface area contributed by atoms with E-state index in [1.165, 1.54) is 12.0 Å². The zero-order valence-electron chi connectivity index (χ0n) is 13.8. The normalized spacial score (nSPS) is 25.3. The molecule has 1 saturated heterocycles. The fraction of sp³-hybridized carbons (Fsp3) is 0.667. The predicted octanol–water partition coefficient (Wildman–Crippen LogP) is 2.75. The van der Waals surface area contributed by atoms with Crippen LogP contribution < -0.4 is 10.1 Å². The molecule has 3 rings (SSSR count). The lowest BCUT2D eigenvalue weighted by molar-refractivity contribution is 0.185. The molecule has 22 heavy (non-hydrogen) atoms. The lowest BCUT2D eigenvalue weighted by atomic mass is 9.92.